The first-order chi connectivity index (χ1) is 18.6. The van der Waals surface area contributed by atoms with E-state index in [4.69, 9.17) is 16.3 Å². The zero-order valence-electron chi connectivity index (χ0n) is 22.5. The molecule has 3 aromatic rings. The fourth-order valence-corrected chi connectivity index (χ4v) is 5.90. The molecule has 0 aliphatic carbocycles. The predicted molar refractivity (Wildman–Crippen MR) is 153 cm³/mol. The number of rotatable bonds is 12. The molecule has 1 unspecified atom stereocenters. The van der Waals surface area contributed by atoms with E-state index in [9.17, 15) is 18.0 Å². The van der Waals surface area contributed by atoms with Gasteiger partial charge < -0.3 is 15.0 Å². The zero-order chi connectivity index (χ0) is 28.6. The molecule has 0 aliphatic rings. The summed E-state index contributed by atoms with van der Waals surface area (Å²) in [5, 5.41) is 3.05. The maximum Gasteiger partial charge on any atom is 0.264 e. The second kappa shape index (κ2) is 13.5. The normalized spacial score (nSPS) is 12.1. The average Bonchev–Trinajstić information content (AvgIpc) is 2.92. The molecule has 39 heavy (non-hydrogen) atoms. The Bertz CT molecular complexity index is 1380. The largest absolute Gasteiger partial charge is 0.497 e. The fraction of sp³-hybridized carbons (Fsp3) is 0.310. The van der Waals surface area contributed by atoms with Crippen molar-refractivity contribution in [3.8, 4) is 5.75 Å². The maximum absolute atomic E-state index is 14.0. The van der Waals surface area contributed by atoms with Crippen molar-refractivity contribution in [3.63, 3.8) is 0 Å². The molecule has 3 aromatic carbocycles. The van der Waals surface area contributed by atoms with Gasteiger partial charge in [0.2, 0.25) is 11.8 Å². The summed E-state index contributed by atoms with van der Waals surface area (Å²) in [7, 11) is -2.64. The van der Waals surface area contributed by atoms with Crippen LogP contribution in [0.3, 0.4) is 0 Å². The van der Waals surface area contributed by atoms with E-state index in [1.165, 1.54) is 17.0 Å². The van der Waals surface area contributed by atoms with Gasteiger partial charge in [-0.25, -0.2) is 8.42 Å². The van der Waals surface area contributed by atoms with Crippen molar-refractivity contribution in [2.75, 3.05) is 18.0 Å². The van der Waals surface area contributed by atoms with Gasteiger partial charge in [-0.1, -0.05) is 61.0 Å². The Hall–Kier alpha value is -3.56. The van der Waals surface area contributed by atoms with E-state index in [1.807, 2.05) is 26.8 Å². The quantitative estimate of drug-likeness (QED) is 0.334. The number of sulfonamides is 1. The molecule has 0 fully saturated rings. The lowest BCUT2D eigenvalue weighted by Gasteiger charge is -2.33. The van der Waals surface area contributed by atoms with Crippen LogP contribution in [0.25, 0.3) is 0 Å². The number of amides is 2. The molecule has 2 amide bonds. The highest BCUT2D eigenvalue weighted by molar-refractivity contribution is 7.92. The summed E-state index contributed by atoms with van der Waals surface area (Å²) >= 11 is 6.43. The van der Waals surface area contributed by atoms with Crippen LogP contribution in [0.1, 0.15) is 32.8 Å². The standard InChI is InChI=1S/C29H34ClN3O5S/c1-5-26(29(35)31-21(2)3)32(19-22-12-11-13-23(18-22)38-4)28(34)20-33(27-17-10-9-16-25(27)30)39(36,37)24-14-7-6-8-15-24/h6-18,21,26H,5,19-20H2,1-4H3,(H,31,35). The van der Waals surface area contributed by atoms with Crippen LogP contribution in [0.15, 0.2) is 83.8 Å². The highest BCUT2D eigenvalue weighted by Crippen LogP contribution is 2.31. The summed E-state index contributed by atoms with van der Waals surface area (Å²) in [6.07, 6.45) is 0.325. The molecular formula is C29H34ClN3O5S. The second-order valence-corrected chi connectivity index (χ2v) is 11.5. The number of anilines is 1. The van der Waals surface area contributed by atoms with Crippen molar-refractivity contribution in [1.82, 2.24) is 10.2 Å². The van der Waals surface area contributed by atoms with Crippen LogP contribution in [-0.2, 0) is 26.2 Å². The van der Waals surface area contributed by atoms with Crippen molar-refractivity contribution < 1.29 is 22.7 Å². The Labute approximate surface area is 235 Å². The number of hydrogen-bond acceptors (Lipinski definition) is 5. The van der Waals surface area contributed by atoms with Crippen molar-refractivity contribution in [2.45, 2.75) is 50.7 Å². The van der Waals surface area contributed by atoms with Gasteiger partial charge in [-0.2, -0.15) is 0 Å². The molecule has 8 nitrogen and oxygen atoms in total. The molecule has 0 saturated carbocycles. The Balaban J connectivity index is 2.07. The van der Waals surface area contributed by atoms with Gasteiger partial charge in [0, 0.05) is 12.6 Å². The van der Waals surface area contributed by atoms with E-state index in [0.717, 1.165) is 9.87 Å². The Morgan fingerprint density at radius 1 is 0.974 bits per heavy atom. The van der Waals surface area contributed by atoms with Gasteiger partial charge in [0.25, 0.3) is 10.0 Å². The van der Waals surface area contributed by atoms with Gasteiger partial charge in [-0.15, -0.1) is 0 Å². The van der Waals surface area contributed by atoms with E-state index >= 15 is 0 Å². The molecule has 0 radical (unpaired) electrons. The van der Waals surface area contributed by atoms with Crippen LogP contribution in [0.4, 0.5) is 5.69 Å². The monoisotopic (exact) mass is 571 g/mol. The number of carbonyl (C=O) groups is 2. The molecule has 1 atom stereocenters. The number of nitrogens with one attached hydrogen (secondary N) is 1. The van der Waals surface area contributed by atoms with Gasteiger partial charge in [0.05, 0.1) is 22.7 Å². The predicted octanol–water partition coefficient (Wildman–Crippen LogP) is 4.88. The number of ether oxygens (including phenoxy) is 1. The molecule has 0 bridgehead atoms. The summed E-state index contributed by atoms with van der Waals surface area (Å²) in [5.41, 5.74) is 0.895. The molecule has 0 aliphatic heterocycles. The van der Waals surface area contributed by atoms with Crippen LogP contribution in [0.5, 0.6) is 5.75 Å². The third kappa shape index (κ3) is 7.52. The fourth-order valence-electron chi connectivity index (χ4n) is 4.15. The number of halogens is 1. The Kier molecular flexibility index (Phi) is 10.4. The molecule has 1 N–H and O–H groups in total. The molecule has 208 valence electrons. The van der Waals surface area contributed by atoms with Gasteiger partial charge in [-0.05, 0) is 62.2 Å². The lowest BCUT2D eigenvalue weighted by Crippen LogP contribution is -2.53. The zero-order valence-corrected chi connectivity index (χ0v) is 24.1. The first-order valence-electron chi connectivity index (χ1n) is 12.6. The number of hydrogen-bond donors (Lipinski definition) is 1. The van der Waals surface area contributed by atoms with Crippen LogP contribution in [-0.4, -0.2) is 50.9 Å². The molecular weight excluding hydrogens is 538 g/mol. The third-order valence-electron chi connectivity index (χ3n) is 6.04. The Morgan fingerprint density at radius 2 is 1.64 bits per heavy atom. The topological polar surface area (TPSA) is 96.0 Å². The van der Waals surface area contributed by atoms with E-state index < -0.39 is 28.5 Å². The summed E-state index contributed by atoms with van der Waals surface area (Å²) in [6.45, 7) is 5.00. The van der Waals surface area contributed by atoms with Crippen molar-refractivity contribution in [1.29, 1.82) is 0 Å². The minimum absolute atomic E-state index is 0.0154. The first-order valence-corrected chi connectivity index (χ1v) is 14.4. The van der Waals surface area contributed by atoms with Gasteiger partial charge in [0.15, 0.2) is 0 Å². The van der Waals surface area contributed by atoms with E-state index in [-0.39, 0.29) is 34.1 Å². The van der Waals surface area contributed by atoms with Crippen LogP contribution < -0.4 is 14.4 Å². The lowest BCUT2D eigenvalue weighted by atomic mass is 10.1. The first kappa shape index (κ1) is 30.0. The molecule has 10 heteroatoms. The van der Waals surface area contributed by atoms with Crippen molar-refractivity contribution >= 4 is 39.1 Å². The lowest BCUT2D eigenvalue weighted by molar-refractivity contribution is -0.140. The summed E-state index contributed by atoms with van der Waals surface area (Å²) in [4.78, 5) is 28.6. The van der Waals surface area contributed by atoms with Crippen LogP contribution in [0, 0.1) is 0 Å². The van der Waals surface area contributed by atoms with Gasteiger partial charge >= 0.3 is 0 Å². The van der Waals surface area contributed by atoms with Gasteiger partial charge in [0.1, 0.15) is 18.3 Å². The van der Waals surface area contributed by atoms with Crippen molar-refractivity contribution in [3.05, 3.63) is 89.4 Å². The van der Waals surface area contributed by atoms with Gasteiger partial charge in [-0.3, -0.25) is 13.9 Å². The SMILES string of the molecule is CCC(C(=O)NC(C)C)N(Cc1cccc(OC)c1)C(=O)CN(c1ccccc1Cl)S(=O)(=O)c1ccccc1. The second-order valence-electron chi connectivity index (χ2n) is 9.24. The van der Waals surface area contributed by atoms with Crippen molar-refractivity contribution in [2.24, 2.45) is 0 Å². The number of carbonyl (C=O) groups excluding carboxylic acids is 2. The number of para-hydroxylation sites is 1. The molecule has 0 aromatic heterocycles. The maximum atomic E-state index is 14.0. The summed E-state index contributed by atoms with van der Waals surface area (Å²) in [6, 6.07) is 20.5. The average molecular weight is 572 g/mol. The highest BCUT2D eigenvalue weighted by Gasteiger charge is 2.34. The number of nitrogens with zero attached hydrogens (tertiary/aromatic N) is 2. The third-order valence-corrected chi connectivity index (χ3v) is 8.13. The van der Waals surface area contributed by atoms with E-state index in [2.05, 4.69) is 5.32 Å². The molecule has 0 spiro atoms. The highest BCUT2D eigenvalue weighted by atomic mass is 35.5. The molecule has 0 saturated heterocycles. The number of methoxy groups -OCH3 is 1. The molecule has 0 heterocycles. The minimum Gasteiger partial charge on any atom is -0.497 e. The van der Waals surface area contributed by atoms with E-state index in [1.54, 1.807) is 67.8 Å². The molecule has 3 rings (SSSR count). The van der Waals surface area contributed by atoms with Crippen LogP contribution >= 0.6 is 11.6 Å². The Morgan fingerprint density at radius 3 is 2.26 bits per heavy atom. The van der Waals surface area contributed by atoms with E-state index in [0.29, 0.717) is 12.2 Å². The summed E-state index contributed by atoms with van der Waals surface area (Å²) in [5.74, 6) is -0.272. The number of benzene rings is 3. The van der Waals surface area contributed by atoms with Crippen LogP contribution in [0.2, 0.25) is 5.02 Å². The summed E-state index contributed by atoms with van der Waals surface area (Å²) < 4.78 is 33.9. The minimum atomic E-state index is -4.18. The smallest absolute Gasteiger partial charge is 0.264 e.